The van der Waals surface area contributed by atoms with Crippen LogP contribution in [0.1, 0.15) is 28.1 Å². The van der Waals surface area contributed by atoms with Gasteiger partial charge in [-0.2, -0.15) is 0 Å². The zero-order valence-electron chi connectivity index (χ0n) is 17.8. The van der Waals surface area contributed by atoms with E-state index in [4.69, 9.17) is 9.97 Å². The minimum absolute atomic E-state index is 0.125. The summed E-state index contributed by atoms with van der Waals surface area (Å²) in [5.41, 5.74) is 1.32. The fourth-order valence-corrected chi connectivity index (χ4v) is 5.77. The molecule has 5 rings (SSSR count). The molecule has 4 heterocycles. The standard InChI is InChI=1S/C23H27N5OS2/c1-30-23-24-20(27-9-5-6-10-27)18-15-19(31-21(18)25-23)22(29)28-13-11-26(12-14-28)16-17-7-3-2-4-8-17/h2-4,7-8,15H,5-6,9-14,16H2,1H3. The fourth-order valence-electron chi connectivity index (χ4n) is 4.36. The normalized spacial score (nSPS) is 17.6. The molecule has 1 aromatic carbocycles. The number of rotatable bonds is 5. The molecule has 0 radical (unpaired) electrons. The topological polar surface area (TPSA) is 52.6 Å². The molecule has 0 N–H and O–H groups in total. The lowest BCUT2D eigenvalue weighted by Gasteiger charge is -2.34. The van der Waals surface area contributed by atoms with Crippen LogP contribution in [0.3, 0.4) is 0 Å². The summed E-state index contributed by atoms with van der Waals surface area (Å²) in [5, 5.41) is 1.81. The Morgan fingerprint density at radius 1 is 1.03 bits per heavy atom. The molecule has 0 unspecified atom stereocenters. The highest BCUT2D eigenvalue weighted by atomic mass is 32.2. The van der Waals surface area contributed by atoms with E-state index < -0.39 is 0 Å². The van der Waals surface area contributed by atoms with E-state index in [-0.39, 0.29) is 5.91 Å². The number of carbonyl (C=O) groups is 1. The van der Waals surface area contributed by atoms with Gasteiger partial charge in [-0.3, -0.25) is 9.69 Å². The predicted molar refractivity (Wildman–Crippen MR) is 128 cm³/mol. The molecule has 2 saturated heterocycles. The second-order valence-electron chi connectivity index (χ2n) is 8.11. The van der Waals surface area contributed by atoms with Gasteiger partial charge in [-0.25, -0.2) is 9.97 Å². The first kappa shape index (κ1) is 20.7. The fraction of sp³-hybridized carbons (Fsp3) is 0.435. The van der Waals surface area contributed by atoms with Gasteiger partial charge in [-0.05, 0) is 30.7 Å². The van der Waals surface area contributed by atoms with Crippen LogP contribution in [0.25, 0.3) is 10.2 Å². The molecule has 0 saturated carbocycles. The first-order chi connectivity index (χ1) is 15.2. The van der Waals surface area contributed by atoms with Gasteiger partial charge in [0.05, 0.1) is 10.3 Å². The summed E-state index contributed by atoms with van der Waals surface area (Å²) in [6, 6.07) is 12.6. The summed E-state index contributed by atoms with van der Waals surface area (Å²) in [7, 11) is 0. The van der Waals surface area contributed by atoms with Crippen LogP contribution in [-0.2, 0) is 6.54 Å². The number of carbonyl (C=O) groups excluding carboxylic acids is 1. The predicted octanol–water partition coefficient (Wildman–Crippen LogP) is 3.97. The number of hydrogen-bond acceptors (Lipinski definition) is 7. The van der Waals surface area contributed by atoms with Gasteiger partial charge < -0.3 is 9.80 Å². The molecule has 6 nitrogen and oxygen atoms in total. The Balaban J connectivity index is 1.31. The van der Waals surface area contributed by atoms with E-state index >= 15 is 0 Å². The molecule has 0 aliphatic carbocycles. The lowest BCUT2D eigenvalue weighted by Crippen LogP contribution is -2.48. The van der Waals surface area contributed by atoms with Crippen molar-refractivity contribution >= 4 is 45.0 Å². The number of thioether (sulfide) groups is 1. The van der Waals surface area contributed by atoms with Gasteiger partial charge in [0.25, 0.3) is 5.91 Å². The minimum Gasteiger partial charge on any atom is -0.356 e. The highest BCUT2D eigenvalue weighted by Crippen LogP contribution is 2.34. The molecule has 0 atom stereocenters. The third-order valence-corrected chi connectivity index (χ3v) is 7.62. The van der Waals surface area contributed by atoms with Crippen LogP contribution in [0.5, 0.6) is 0 Å². The Kier molecular flexibility index (Phi) is 6.11. The largest absolute Gasteiger partial charge is 0.356 e. The quantitative estimate of drug-likeness (QED) is 0.430. The number of aromatic nitrogens is 2. The highest BCUT2D eigenvalue weighted by Gasteiger charge is 2.26. The van der Waals surface area contributed by atoms with Crippen molar-refractivity contribution < 1.29 is 4.79 Å². The van der Waals surface area contributed by atoms with E-state index in [2.05, 4.69) is 34.1 Å². The molecule has 8 heteroatoms. The molecule has 2 aliphatic rings. The van der Waals surface area contributed by atoms with E-state index in [0.717, 1.165) is 71.9 Å². The summed E-state index contributed by atoms with van der Waals surface area (Å²) in [4.78, 5) is 31.2. The van der Waals surface area contributed by atoms with Crippen molar-refractivity contribution in [3.63, 3.8) is 0 Å². The average molecular weight is 454 g/mol. The summed E-state index contributed by atoms with van der Waals surface area (Å²) in [6.45, 7) is 6.34. The van der Waals surface area contributed by atoms with E-state index in [0.29, 0.717) is 0 Å². The van der Waals surface area contributed by atoms with Crippen LogP contribution in [0.15, 0.2) is 41.6 Å². The zero-order valence-corrected chi connectivity index (χ0v) is 19.4. The van der Waals surface area contributed by atoms with Crippen molar-refractivity contribution in [2.45, 2.75) is 24.5 Å². The van der Waals surface area contributed by atoms with E-state index in [1.54, 1.807) is 11.8 Å². The first-order valence-corrected chi connectivity index (χ1v) is 12.9. The Morgan fingerprint density at radius 2 is 1.77 bits per heavy atom. The molecular formula is C23H27N5OS2. The maximum atomic E-state index is 13.3. The van der Waals surface area contributed by atoms with Gasteiger partial charge >= 0.3 is 0 Å². The molecule has 0 spiro atoms. The van der Waals surface area contributed by atoms with Crippen molar-refractivity contribution in [2.75, 3.05) is 50.4 Å². The molecule has 2 aromatic heterocycles. The van der Waals surface area contributed by atoms with Crippen LogP contribution in [0, 0.1) is 0 Å². The van der Waals surface area contributed by atoms with Gasteiger partial charge in [0, 0.05) is 45.8 Å². The maximum absolute atomic E-state index is 13.3. The third kappa shape index (κ3) is 4.42. The van der Waals surface area contributed by atoms with Crippen molar-refractivity contribution in [1.82, 2.24) is 19.8 Å². The first-order valence-electron chi connectivity index (χ1n) is 10.9. The van der Waals surface area contributed by atoms with Crippen molar-refractivity contribution in [3.8, 4) is 0 Å². The third-order valence-electron chi connectivity index (χ3n) is 6.06. The molecule has 31 heavy (non-hydrogen) atoms. The smallest absolute Gasteiger partial charge is 0.264 e. The van der Waals surface area contributed by atoms with Gasteiger partial charge in [0.1, 0.15) is 10.6 Å². The number of nitrogens with zero attached hydrogens (tertiary/aromatic N) is 5. The average Bonchev–Trinajstić information content (AvgIpc) is 3.49. The minimum atomic E-state index is 0.125. The Bertz CT molecular complexity index is 1060. The van der Waals surface area contributed by atoms with E-state index in [1.807, 2.05) is 23.3 Å². The molecule has 2 fully saturated rings. The Labute approximate surface area is 191 Å². The van der Waals surface area contributed by atoms with Crippen LogP contribution >= 0.6 is 23.1 Å². The number of amides is 1. The van der Waals surface area contributed by atoms with Crippen molar-refractivity contribution in [3.05, 3.63) is 46.8 Å². The molecule has 2 aliphatic heterocycles. The lowest BCUT2D eigenvalue weighted by molar-refractivity contribution is 0.0633. The number of thiophene rings is 1. The Morgan fingerprint density at radius 3 is 2.48 bits per heavy atom. The number of benzene rings is 1. The van der Waals surface area contributed by atoms with Gasteiger partial charge in [0.2, 0.25) is 0 Å². The molecule has 162 valence electrons. The van der Waals surface area contributed by atoms with Gasteiger partial charge in [-0.1, -0.05) is 42.1 Å². The number of fused-ring (bicyclic) bond motifs is 1. The van der Waals surface area contributed by atoms with Gasteiger partial charge in [-0.15, -0.1) is 11.3 Å². The zero-order chi connectivity index (χ0) is 21.2. The lowest BCUT2D eigenvalue weighted by atomic mass is 10.2. The second-order valence-corrected chi connectivity index (χ2v) is 9.92. The van der Waals surface area contributed by atoms with Crippen LogP contribution in [0.2, 0.25) is 0 Å². The van der Waals surface area contributed by atoms with Gasteiger partial charge in [0.15, 0.2) is 5.16 Å². The second kappa shape index (κ2) is 9.14. The number of anilines is 1. The van der Waals surface area contributed by atoms with E-state index in [1.165, 1.54) is 29.7 Å². The number of piperazine rings is 1. The monoisotopic (exact) mass is 453 g/mol. The molecule has 3 aromatic rings. The van der Waals surface area contributed by atoms with Crippen LogP contribution < -0.4 is 4.90 Å². The van der Waals surface area contributed by atoms with Crippen molar-refractivity contribution in [1.29, 1.82) is 0 Å². The molecule has 0 bridgehead atoms. The Hall–Kier alpha value is -2.16. The van der Waals surface area contributed by atoms with E-state index in [9.17, 15) is 4.79 Å². The van der Waals surface area contributed by atoms with Crippen molar-refractivity contribution in [2.24, 2.45) is 0 Å². The van der Waals surface area contributed by atoms with Crippen LogP contribution in [0.4, 0.5) is 5.82 Å². The summed E-state index contributed by atoms with van der Waals surface area (Å²) in [6.07, 6.45) is 4.40. The highest BCUT2D eigenvalue weighted by molar-refractivity contribution is 7.98. The van der Waals surface area contributed by atoms with Crippen LogP contribution in [-0.4, -0.2) is 71.2 Å². The summed E-state index contributed by atoms with van der Waals surface area (Å²) < 4.78 is 0. The molecular weight excluding hydrogens is 426 g/mol. The SMILES string of the molecule is CSc1nc(N2CCCC2)c2cc(C(=O)N3CCN(Cc4ccccc4)CC3)sc2n1. The molecule has 1 amide bonds. The summed E-state index contributed by atoms with van der Waals surface area (Å²) in [5.74, 6) is 1.12. The summed E-state index contributed by atoms with van der Waals surface area (Å²) >= 11 is 3.07. The number of hydrogen-bond donors (Lipinski definition) is 0. The maximum Gasteiger partial charge on any atom is 0.264 e.